The van der Waals surface area contributed by atoms with Crippen molar-refractivity contribution >= 4 is 28.1 Å². The molecule has 33 heavy (non-hydrogen) atoms. The normalized spacial score (nSPS) is 12.8. The molecule has 6 heteroatoms. The maximum Gasteiger partial charge on any atom is 0.184 e. The van der Waals surface area contributed by atoms with Crippen LogP contribution in [0.4, 0.5) is 9.52 Å². The molecule has 2 atom stereocenters. The van der Waals surface area contributed by atoms with Crippen molar-refractivity contribution < 1.29 is 9.13 Å². The van der Waals surface area contributed by atoms with Crippen molar-refractivity contribution in [3.8, 4) is 29.4 Å². The molecule has 0 aliphatic carbocycles. The third kappa shape index (κ3) is 5.69. The number of thiazole rings is 1. The van der Waals surface area contributed by atoms with Gasteiger partial charge in [-0.25, -0.2) is 9.37 Å². The molecule has 174 valence electrons. The zero-order valence-corrected chi connectivity index (χ0v) is 21.3. The predicted molar refractivity (Wildman–Crippen MR) is 138 cm³/mol. The fraction of sp³-hybridized carbons (Fsp3) is 0.370. The quantitative estimate of drug-likeness (QED) is 0.313. The topological polar surface area (TPSA) is 34.2 Å². The van der Waals surface area contributed by atoms with E-state index in [9.17, 15) is 4.39 Å². The van der Waals surface area contributed by atoms with Crippen molar-refractivity contribution in [3.05, 3.63) is 62.7 Å². The first-order valence-corrected chi connectivity index (χ1v) is 12.3. The molecule has 0 saturated carbocycles. The number of anilines is 1. The highest BCUT2D eigenvalue weighted by atomic mass is 35.5. The van der Waals surface area contributed by atoms with Crippen LogP contribution in [0, 0.1) is 38.9 Å². The summed E-state index contributed by atoms with van der Waals surface area (Å²) in [5.41, 5.74) is 4.20. The minimum absolute atomic E-state index is 0.0236. The molecule has 1 heterocycles. The van der Waals surface area contributed by atoms with E-state index in [0.29, 0.717) is 10.6 Å². The van der Waals surface area contributed by atoms with E-state index in [1.165, 1.54) is 11.3 Å². The summed E-state index contributed by atoms with van der Waals surface area (Å²) in [5.74, 6) is 3.40. The van der Waals surface area contributed by atoms with Gasteiger partial charge in [-0.05, 0) is 62.1 Å². The van der Waals surface area contributed by atoms with E-state index in [-0.39, 0.29) is 17.8 Å². The average molecular weight is 485 g/mol. The predicted octanol–water partition coefficient (Wildman–Crippen LogP) is 7.92. The molecule has 0 fully saturated rings. The molecule has 2 unspecified atom stereocenters. The van der Waals surface area contributed by atoms with Crippen LogP contribution in [0.15, 0.2) is 30.3 Å². The Kier molecular flexibility index (Phi) is 8.40. The van der Waals surface area contributed by atoms with Crippen LogP contribution >= 0.6 is 22.9 Å². The maximum absolute atomic E-state index is 14.3. The van der Waals surface area contributed by atoms with Crippen LogP contribution in [0.5, 0.6) is 5.75 Å². The van der Waals surface area contributed by atoms with Gasteiger partial charge in [-0.2, -0.15) is 0 Å². The number of aromatic nitrogens is 1. The second-order valence-electron chi connectivity index (χ2n) is 8.27. The number of hydrogen-bond donors (Lipinski definition) is 1. The molecule has 0 spiro atoms. The summed E-state index contributed by atoms with van der Waals surface area (Å²) >= 11 is 8.08. The van der Waals surface area contributed by atoms with Gasteiger partial charge in [0.25, 0.3) is 0 Å². The Morgan fingerprint density at radius 1 is 1.21 bits per heavy atom. The van der Waals surface area contributed by atoms with Gasteiger partial charge in [0.05, 0.1) is 23.9 Å². The van der Waals surface area contributed by atoms with Crippen LogP contribution in [-0.2, 0) is 0 Å². The second-order valence-corrected chi connectivity index (χ2v) is 9.88. The van der Waals surface area contributed by atoms with Crippen molar-refractivity contribution in [1.29, 1.82) is 0 Å². The molecule has 0 radical (unpaired) electrons. The first-order chi connectivity index (χ1) is 15.8. The summed E-state index contributed by atoms with van der Waals surface area (Å²) in [5, 5.41) is 4.75. The lowest BCUT2D eigenvalue weighted by atomic mass is 9.87. The summed E-state index contributed by atoms with van der Waals surface area (Å²) in [7, 11) is 1.63. The monoisotopic (exact) mass is 484 g/mol. The number of nitrogens with zero attached hydrogens (tertiary/aromatic N) is 1. The SMILES string of the molecule is C#CC(Nc1nc(-c2cc(C)c(OC)cc2Cl)c(C)s1)C(CCCC)c1ccc(C)c(F)c1. The van der Waals surface area contributed by atoms with Crippen LogP contribution in [0.3, 0.4) is 0 Å². The van der Waals surface area contributed by atoms with Crippen LogP contribution in [-0.4, -0.2) is 18.1 Å². The minimum atomic E-state index is -0.315. The van der Waals surface area contributed by atoms with Crippen molar-refractivity contribution in [2.45, 2.75) is 58.9 Å². The van der Waals surface area contributed by atoms with E-state index in [1.807, 2.05) is 38.1 Å². The van der Waals surface area contributed by atoms with Crippen molar-refractivity contribution in [3.63, 3.8) is 0 Å². The first-order valence-electron chi connectivity index (χ1n) is 11.1. The Hall–Kier alpha value is -2.55. The van der Waals surface area contributed by atoms with Crippen molar-refractivity contribution in [2.24, 2.45) is 0 Å². The van der Waals surface area contributed by atoms with Gasteiger partial charge >= 0.3 is 0 Å². The number of benzene rings is 2. The van der Waals surface area contributed by atoms with Crippen molar-refractivity contribution in [1.82, 2.24) is 4.98 Å². The second kappa shape index (κ2) is 11.0. The molecular formula is C27H30ClFN2OS. The van der Waals surface area contributed by atoms with Crippen LogP contribution in [0.1, 0.15) is 53.7 Å². The number of nitrogens with one attached hydrogen (secondary N) is 1. The van der Waals surface area contributed by atoms with E-state index in [2.05, 4.69) is 18.2 Å². The lowest BCUT2D eigenvalue weighted by Crippen LogP contribution is -2.26. The molecule has 0 aliphatic heterocycles. The number of aryl methyl sites for hydroxylation is 3. The lowest BCUT2D eigenvalue weighted by Gasteiger charge is -2.25. The molecule has 2 aromatic carbocycles. The standard InChI is InChI=1S/C27H30ClFN2OS/c1-7-9-10-20(19-12-11-16(3)23(29)14-19)24(8-2)30-27-31-26(18(5)33-27)21-13-17(4)25(32-6)15-22(21)28/h2,11-15,20,24H,7,9-10H2,1,3-6H3,(H,30,31). The molecule has 0 bridgehead atoms. The number of unbranched alkanes of at least 4 members (excludes halogenated alkanes) is 1. The average Bonchev–Trinajstić information content (AvgIpc) is 3.16. The summed E-state index contributed by atoms with van der Waals surface area (Å²) in [6.45, 7) is 7.90. The Balaban J connectivity index is 1.93. The molecule has 0 aliphatic rings. The number of rotatable bonds is 9. The highest BCUT2D eigenvalue weighted by molar-refractivity contribution is 7.16. The Morgan fingerprint density at radius 3 is 2.61 bits per heavy atom. The van der Waals surface area contributed by atoms with E-state index in [1.54, 1.807) is 20.1 Å². The van der Waals surface area contributed by atoms with Gasteiger partial charge in [-0.15, -0.1) is 17.8 Å². The summed E-state index contributed by atoms with van der Waals surface area (Å²) in [4.78, 5) is 5.86. The van der Waals surface area contributed by atoms with Gasteiger partial charge < -0.3 is 10.1 Å². The van der Waals surface area contributed by atoms with E-state index in [4.69, 9.17) is 27.7 Å². The number of methoxy groups -OCH3 is 1. The molecule has 3 rings (SSSR count). The fourth-order valence-corrected chi connectivity index (χ4v) is 5.06. The Bertz CT molecular complexity index is 1170. The number of hydrogen-bond acceptors (Lipinski definition) is 4. The van der Waals surface area contributed by atoms with Crippen molar-refractivity contribution in [2.75, 3.05) is 12.4 Å². The van der Waals surface area contributed by atoms with Crippen LogP contribution in [0.2, 0.25) is 5.02 Å². The molecule has 0 amide bonds. The minimum Gasteiger partial charge on any atom is -0.496 e. The Morgan fingerprint density at radius 2 is 1.97 bits per heavy atom. The van der Waals surface area contributed by atoms with E-state index < -0.39 is 0 Å². The number of ether oxygens (including phenoxy) is 1. The maximum atomic E-state index is 14.3. The highest BCUT2D eigenvalue weighted by Gasteiger charge is 2.24. The largest absolute Gasteiger partial charge is 0.496 e. The zero-order chi connectivity index (χ0) is 24.1. The number of halogens is 2. The van der Waals surface area contributed by atoms with Gasteiger partial charge in [0.1, 0.15) is 11.6 Å². The van der Waals surface area contributed by atoms with Crippen LogP contribution in [0.25, 0.3) is 11.3 Å². The summed E-state index contributed by atoms with van der Waals surface area (Å²) in [6, 6.07) is 8.89. The van der Waals surface area contributed by atoms with Crippen LogP contribution < -0.4 is 10.1 Å². The molecule has 3 aromatic rings. The molecule has 0 saturated heterocycles. The number of terminal acetylenes is 1. The van der Waals surface area contributed by atoms with E-state index >= 15 is 0 Å². The molecular weight excluding hydrogens is 455 g/mol. The van der Waals surface area contributed by atoms with E-state index in [0.717, 1.165) is 57.4 Å². The summed E-state index contributed by atoms with van der Waals surface area (Å²) in [6.07, 6.45) is 8.87. The fourth-order valence-electron chi connectivity index (χ4n) is 3.95. The first kappa shape index (κ1) is 25.1. The van der Waals surface area contributed by atoms with Gasteiger partial charge in [-0.1, -0.05) is 49.4 Å². The molecule has 3 nitrogen and oxygen atoms in total. The molecule has 1 N–H and O–H groups in total. The third-order valence-electron chi connectivity index (χ3n) is 5.89. The smallest absolute Gasteiger partial charge is 0.184 e. The molecule has 1 aromatic heterocycles. The lowest BCUT2D eigenvalue weighted by molar-refractivity contribution is 0.412. The highest BCUT2D eigenvalue weighted by Crippen LogP contribution is 2.39. The third-order valence-corrected chi connectivity index (χ3v) is 7.10. The Labute approximate surface area is 205 Å². The van der Waals surface area contributed by atoms with Gasteiger partial charge in [0.15, 0.2) is 5.13 Å². The van der Waals surface area contributed by atoms with Gasteiger partial charge in [0.2, 0.25) is 0 Å². The zero-order valence-electron chi connectivity index (χ0n) is 19.8. The summed E-state index contributed by atoms with van der Waals surface area (Å²) < 4.78 is 19.7. The van der Waals surface area contributed by atoms with Gasteiger partial charge in [0, 0.05) is 16.4 Å². The van der Waals surface area contributed by atoms with Gasteiger partial charge in [-0.3, -0.25) is 0 Å².